The molecule has 0 bridgehead atoms. The zero-order chi connectivity index (χ0) is 23.1. The summed E-state index contributed by atoms with van der Waals surface area (Å²) >= 11 is 0. The van der Waals surface area contributed by atoms with Crippen molar-refractivity contribution in [3.05, 3.63) is 54.2 Å². The zero-order valence-corrected chi connectivity index (χ0v) is 20.7. The third kappa shape index (κ3) is 4.18. The molecule has 0 aliphatic carbocycles. The molecule has 3 aliphatic rings. The Morgan fingerprint density at radius 1 is 0.882 bits per heavy atom. The summed E-state index contributed by atoms with van der Waals surface area (Å²) in [7, 11) is 2.28. The minimum Gasteiger partial charge on any atom is -0.368 e. The number of likely N-dealkylation sites (N-methyl/N-ethyl adjacent to an activating group) is 1. The lowest BCUT2D eigenvalue weighted by Gasteiger charge is -2.37. The number of pyridine rings is 1. The van der Waals surface area contributed by atoms with E-state index in [2.05, 4.69) is 86.8 Å². The Morgan fingerprint density at radius 3 is 2.56 bits per heavy atom. The number of rotatable bonds is 5. The van der Waals surface area contributed by atoms with Crippen LogP contribution in [0.15, 0.2) is 48.7 Å². The van der Waals surface area contributed by atoms with E-state index in [4.69, 9.17) is 4.98 Å². The Balaban J connectivity index is 1.13. The number of likely N-dealkylation sites (tertiary alicyclic amines) is 2. The SMILES string of the molecule is Cc1ccccc1N1CCN(c2ccc3ccn(CCN4CCCC5CN(C)CC54)c3n2)CC1. The first-order valence-electron chi connectivity index (χ1n) is 13.1. The zero-order valence-electron chi connectivity index (χ0n) is 20.7. The van der Waals surface area contributed by atoms with Gasteiger partial charge >= 0.3 is 0 Å². The number of aryl methyl sites for hydroxylation is 1. The highest BCUT2D eigenvalue weighted by Gasteiger charge is 2.37. The van der Waals surface area contributed by atoms with Gasteiger partial charge in [0, 0.05) is 75.7 Å². The summed E-state index contributed by atoms with van der Waals surface area (Å²) in [5.41, 5.74) is 3.86. The monoisotopic (exact) mass is 458 g/mol. The standard InChI is InChI=1S/C28H38N6/c1-22-6-3-4-8-25(22)32-14-17-33(18-15-32)27-10-9-23-11-13-34(28(23)29-27)19-16-31-12-5-7-24-20-30(2)21-26(24)31/h3-4,6,8-11,13,24,26H,5,7,12,14-21H2,1-2H3. The predicted molar refractivity (Wildman–Crippen MR) is 141 cm³/mol. The molecule has 2 unspecified atom stereocenters. The molecular formula is C28H38N6. The fraction of sp³-hybridized carbons (Fsp3) is 0.536. The summed E-state index contributed by atoms with van der Waals surface area (Å²) in [4.78, 5) is 15.4. The maximum Gasteiger partial charge on any atom is 0.142 e. The molecule has 2 atom stereocenters. The van der Waals surface area contributed by atoms with Gasteiger partial charge in [-0.1, -0.05) is 18.2 Å². The number of nitrogens with zero attached hydrogens (tertiary/aromatic N) is 6. The lowest BCUT2D eigenvalue weighted by atomic mass is 9.92. The molecule has 3 fully saturated rings. The Bertz CT molecular complexity index is 1130. The Hall–Kier alpha value is -2.57. The number of hydrogen-bond donors (Lipinski definition) is 0. The average molecular weight is 459 g/mol. The highest BCUT2D eigenvalue weighted by Crippen LogP contribution is 2.30. The summed E-state index contributed by atoms with van der Waals surface area (Å²) in [5, 5.41) is 1.25. The van der Waals surface area contributed by atoms with Crippen molar-refractivity contribution in [2.45, 2.75) is 32.4 Å². The van der Waals surface area contributed by atoms with Crippen LogP contribution in [0.4, 0.5) is 11.5 Å². The van der Waals surface area contributed by atoms with E-state index in [-0.39, 0.29) is 0 Å². The van der Waals surface area contributed by atoms with Crippen LogP contribution in [-0.2, 0) is 6.54 Å². The average Bonchev–Trinajstić information content (AvgIpc) is 3.45. The highest BCUT2D eigenvalue weighted by atomic mass is 15.3. The van der Waals surface area contributed by atoms with Gasteiger partial charge in [0.05, 0.1) is 0 Å². The van der Waals surface area contributed by atoms with Crippen molar-refractivity contribution in [2.24, 2.45) is 5.92 Å². The molecular weight excluding hydrogens is 420 g/mol. The number of benzene rings is 1. The molecule has 180 valence electrons. The molecule has 3 aromatic rings. The molecule has 0 saturated carbocycles. The van der Waals surface area contributed by atoms with E-state index in [0.717, 1.165) is 62.7 Å². The van der Waals surface area contributed by atoms with Gasteiger partial charge in [-0.25, -0.2) is 4.98 Å². The molecule has 0 radical (unpaired) electrons. The van der Waals surface area contributed by atoms with Crippen molar-refractivity contribution >= 4 is 22.5 Å². The third-order valence-corrected chi connectivity index (χ3v) is 8.36. The maximum absolute atomic E-state index is 5.16. The first kappa shape index (κ1) is 21.9. The van der Waals surface area contributed by atoms with Crippen LogP contribution in [0.25, 0.3) is 11.0 Å². The Morgan fingerprint density at radius 2 is 1.71 bits per heavy atom. The van der Waals surface area contributed by atoms with E-state index in [1.54, 1.807) is 0 Å². The summed E-state index contributed by atoms with van der Waals surface area (Å²) in [6.07, 6.45) is 4.98. The Labute approximate surface area is 203 Å². The maximum atomic E-state index is 5.16. The van der Waals surface area contributed by atoms with Gasteiger partial charge in [0.15, 0.2) is 0 Å². The van der Waals surface area contributed by atoms with Crippen LogP contribution in [-0.4, -0.2) is 84.8 Å². The van der Waals surface area contributed by atoms with Gasteiger partial charge in [0.2, 0.25) is 0 Å². The van der Waals surface area contributed by atoms with Crippen molar-refractivity contribution in [1.82, 2.24) is 19.4 Å². The second-order valence-corrected chi connectivity index (χ2v) is 10.6. The third-order valence-electron chi connectivity index (χ3n) is 8.36. The van der Waals surface area contributed by atoms with Crippen LogP contribution in [0, 0.1) is 12.8 Å². The van der Waals surface area contributed by atoms with Crippen LogP contribution >= 0.6 is 0 Å². The van der Waals surface area contributed by atoms with Gasteiger partial charge < -0.3 is 19.3 Å². The van der Waals surface area contributed by atoms with E-state index in [1.165, 1.54) is 49.1 Å². The second-order valence-electron chi connectivity index (χ2n) is 10.6. The molecule has 0 spiro atoms. The number of anilines is 2. The van der Waals surface area contributed by atoms with Crippen molar-refractivity contribution in [3.8, 4) is 0 Å². The predicted octanol–water partition coefficient (Wildman–Crippen LogP) is 3.70. The molecule has 0 N–H and O–H groups in total. The van der Waals surface area contributed by atoms with Gasteiger partial charge in [-0.05, 0) is 69.1 Å². The van der Waals surface area contributed by atoms with Crippen molar-refractivity contribution in [3.63, 3.8) is 0 Å². The largest absolute Gasteiger partial charge is 0.368 e. The molecule has 3 aliphatic heterocycles. The summed E-state index contributed by atoms with van der Waals surface area (Å²) in [6.45, 7) is 12.2. The van der Waals surface area contributed by atoms with Gasteiger partial charge in [-0.3, -0.25) is 4.90 Å². The fourth-order valence-corrected chi connectivity index (χ4v) is 6.50. The van der Waals surface area contributed by atoms with Crippen molar-refractivity contribution < 1.29 is 0 Å². The number of para-hydroxylation sites is 1. The second kappa shape index (κ2) is 9.23. The molecule has 6 heteroatoms. The molecule has 0 amide bonds. The number of aromatic nitrogens is 2. The lowest BCUT2D eigenvalue weighted by molar-refractivity contribution is 0.120. The minimum atomic E-state index is 0.744. The van der Waals surface area contributed by atoms with E-state index >= 15 is 0 Å². The summed E-state index contributed by atoms with van der Waals surface area (Å²) in [5.74, 6) is 1.98. The molecule has 3 saturated heterocycles. The Kier molecular flexibility index (Phi) is 5.95. The molecule has 5 heterocycles. The van der Waals surface area contributed by atoms with Crippen LogP contribution < -0.4 is 9.80 Å². The lowest BCUT2D eigenvalue weighted by Crippen LogP contribution is -2.47. The van der Waals surface area contributed by atoms with Crippen molar-refractivity contribution in [1.29, 1.82) is 0 Å². The minimum absolute atomic E-state index is 0.744. The molecule has 34 heavy (non-hydrogen) atoms. The summed E-state index contributed by atoms with van der Waals surface area (Å²) in [6, 6.07) is 16.2. The van der Waals surface area contributed by atoms with E-state index in [0.29, 0.717) is 0 Å². The first-order valence-corrected chi connectivity index (χ1v) is 13.1. The molecule has 6 rings (SSSR count). The number of fused-ring (bicyclic) bond motifs is 2. The number of piperazine rings is 1. The van der Waals surface area contributed by atoms with E-state index < -0.39 is 0 Å². The van der Waals surface area contributed by atoms with Crippen LogP contribution in [0.5, 0.6) is 0 Å². The first-order chi connectivity index (χ1) is 16.7. The van der Waals surface area contributed by atoms with Gasteiger partial charge in [0.25, 0.3) is 0 Å². The van der Waals surface area contributed by atoms with E-state index in [1.807, 2.05) is 0 Å². The summed E-state index contributed by atoms with van der Waals surface area (Å²) < 4.78 is 2.38. The molecule has 1 aromatic carbocycles. The van der Waals surface area contributed by atoms with Gasteiger partial charge in [0.1, 0.15) is 11.5 Å². The van der Waals surface area contributed by atoms with Crippen molar-refractivity contribution in [2.75, 3.05) is 69.2 Å². The quantitative estimate of drug-likeness (QED) is 0.582. The van der Waals surface area contributed by atoms with Crippen LogP contribution in [0.2, 0.25) is 0 Å². The van der Waals surface area contributed by atoms with Crippen LogP contribution in [0.1, 0.15) is 18.4 Å². The molecule has 6 nitrogen and oxygen atoms in total. The van der Waals surface area contributed by atoms with E-state index in [9.17, 15) is 0 Å². The number of hydrogen-bond acceptors (Lipinski definition) is 5. The normalized spacial score (nSPS) is 24.2. The molecule has 2 aromatic heterocycles. The smallest absolute Gasteiger partial charge is 0.142 e. The topological polar surface area (TPSA) is 30.8 Å². The number of piperidine rings is 1. The van der Waals surface area contributed by atoms with Gasteiger partial charge in [-0.2, -0.15) is 0 Å². The fourth-order valence-electron chi connectivity index (χ4n) is 6.50. The van der Waals surface area contributed by atoms with Crippen LogP contribution in [0.3, 0.4) is 0 Å². The van der Waals surface area contributed by atoms with Gasteiger partial charge in [-0.15, -0.1) is 0 Å². The highest BCUT2D eigenvalue weighted by molar-refractivity contribution is 5.78.